The van der Waals surface area contributed by atoms with Crippen molar-refractivity contribution in [2.45, 2.75) is 0 Å². The number of guanidine groups is 1. The molecule has 5 N–H and O–H groups in total. The van der Waals surface area contributed by atoms with E-state index >= 15 is 0 Å². The Morgan fingerprint density at radius 2 is 1.29 bits per heavy atom. The van der Waals surface area contributed by atoms with Gasteiger partial charge in [-0.3, -0.25) is 5.41 Å². The minimum Gasteiger partial charge on any atom is -1.00 e. The molecule has 0 fully saturated rings. The first kappa shape index (κ1) is 23.9. The molecule has 0 atom stereocenters. The van der Waals surface area contributed by atoms with Crippen molar-refractivity contribution in [3.8, 4) is 0 Å². The zero-order chi connectivity index (χ0) is 3.58. The van der Waals surface area contributed by atoms with Crippen molar-refractivity contribution in [2.24, 2.45) is 11.5 Å². The Hall–Kier alpha value is 1.29. The first-order valence-electron chi connectivity index (χ1n) is 0.827. The quantitative estimate of drug-likeness (QED) is 0.172. The molecular formula is CH6ClIN3Na. The first-order valence-corrected chi connectivity index (χ1v) is 0.827. The van der Waals surface area contributed by atoms with Gasteiger partial charge in [0.15, 0.2) is 5.96 Å². The predicted octanol–water partition coefficient (Wildman–Crippen LogP) is -6.73. The van der Waals surface area contributed by atoms with Gasteiger partial charge in [-0.2, -0.15) is 0 Å². The smallest absolute Gasteiger partial charge is 1.00 e. The monoisotopic (exact) mass is 245 g/mol. The molecule has 0 aromatic carbocycles. The molecule has 7 heavy (non-hydrogen) atoms. The minimum atomic E-state index is -0.333. The number of hydrogen-bond acceptors (Lipinski definition) is 1. The van der Waals surface area contributed by atoms with E-state index in [1.165, 1.54) is 0 Å². The van der Waals surface area contributed by atoms with Crippen molar-refractivity contribution in [1.82, 2.24) is 0 Å². The van der Waals surface area contributed by atoms with Crippen LogP contribution in [0.2, 0.25) is 0 Å². The molecule has 0 unspecified atom stereocenters. The fourth-order valence-corrected chi connectivity index (χ4v) is 0. The summed E-state index contributed by atoms with van der Waals surface area (Å²) in [6.07, 6.45) is 0. The molecule has 0 bridgehead atoms. The average Bonchev–Trinajstić information content (AvgIpc) is 0.811. The molecule has 0 aliphatic carbocycles. The van der Waals surface area contributed by atoms with Crippen LogP contribution in [-0.4, -0.2) is 5.96 Å². The van der Waals surface area contributed by atoms with Gasteiger partial charge in [-0.15, -0.1) is 12.4 Å². The number of halogens is 2. The topological polar surface area (TPSA) is 75.9 Å². The molecule has 0 aliphatic rings. The van der Waals surface area contributed by atoms with Crippen molar-refractivity contribution < 1.29 is 53.5 Å². The van der Waals surface area contributed by atoms with Crippen LogP contribution >= 0.6 is 12.4 Å². The Kier molecular flexibility index (Phi) is 53.6. The maximum Gasteiger partial charge on any atom is 1.00 e. The van der Waals surface area contributed by atoms with E-state index in [2.05, 4.69) is 11.5 Å². The van der Waals surface area contributed by atoms with Gasteiger partial charge in [-0.1, -0.05) is 0 Å². The second-order valence-corrected chi connectivity index (χ2v) is 0.455. The van der Waals surface area contributed by atoms with Gasteiger partial charge in [-0.25, -0.2) is 0 Å². The Morgan fingerprint density at radius 3 is 1.29 bits per heavy atom. The number of rotatable bonds is 0. The Morgan fingerprint density at radius 1 is 1.29 bits per heavy atom. The molecule has 0 rings (SSSR count). The molecular weight excluding hydrogens is 239 g/mol. The predicted molar refractivity (Wildman–Crippen MR) is 23.3 cm³/mol. The summed E-state index contributed by atoms with van der Waals surface area (Å²) in [6, 6.07) is 0. The third kappa shape index (κ3) is 123. The molecule has 0 aromatic rings. The van der Waals surface area contributed by atoms with E-state index in [0.29, 0.717) is 0 Å². The second kappa shape index (κ2) is 15.7. The Balaban J connectivity index is -0.0000000150. The van der Waals surface area contributed by atoms with E-state index < -0.39 is 0 Å². The van der Waals surface area contributed by atoms with E-state index in [0.717, 1.165) is 0 Å². The summed E-state index contributed by atoms with van der Waals surface area (Å²) in [4.78, 5) is 0. The van der Waals surface area contributed by atoms with Crippen molar-refractivity contribution in [3.05, 3.63) is 0 Å². The maximum atomic E-state index is 6.06. The number of nitrogens with two attached hydrogens (primary N) is 2. The molecule has 0 radical (unpaired) electrons. The number of hydrogen-bond donors (Lipinski definition) is 3. The molecule has 0 saturated carbocycles. The molecule has 0 amide bonds. The first-order chi connectivity index (χ1) is 1.73. The molecule has 0 spiro atoms. The molecule has 3 nitrogen and oxygen atoms in total. The van der Waals surface area contributed by atoms with Gasteiger partial charge in [-0.05, 0) is 0 Å². The molecule has 6 heteroatoms. The third-order valence-electron chi connectivity index (χ3n) is 0. The van der Waals surface area contributed by atoms with Gasteiger partial charge in [0.1, 0.15) is 0 Å². The van der Waals surface area contributed by atoms with Crippen molar-refractivity contribution in [1.29, 1.82) is 5.41 Å². The van der Waals surface area contributed by atoms with E-state index in [4.69, 9.17) is 5.41 Å². The van der Waals surface area contributed by atoms with Crippen LogP contribution in [0.15, 0.2) is 0 Å². The zero-order valence-electron chi connectivity index (χ0n) is 3.94. The van der Waals surface area contributed by atoms with Gasteiger partial charge in [0.25, 0.3) is 0 Å². The summed E-state index contributed by atoms with van der Waals surface area (Å²) in [5.74, 6) is -0.333. The number of nitrogens with one attached hydrogen (secondary N) is 1. The van der Waals surface area contributed by atoms with E-state index in [1.54, 1.807) is 0 Å². The van der Waals surface area contributed by atoms with Crippen LogP contribution in [-0.2, 0) is 0 Å². The van der Waals surface area contributed by atoms with Crippen LogP contribution in [0.25, 0.3) is 0 Å². The summed E-state index contributed by atoms with van der Waals surface area (Å²) in [7, 11) is 0. The Labute approximate surface area is 87.8 Å². The van der Waals surface area contributed by atoms with E-state index in [1.807, 2.05) is 0 Å². The van der Waals surface area contributed by atoms with Crippen LogP contribution in [0.4, 0.5) is 0 Å². The average molecular weight is 245 g/mol. The van der Waals surface area contributed by atoms with Crippen molar-refractivity contribution >= 4 is 18.4 Å². The summed E-state index contributed by atoms with van der Waals surface area (Å²) in [5.41, 5.74) is 8.94. The van der Waals surface area contributed by atoms with E-state index in [9.17, 15) is 0 Å². The molecule has 0 aliphatic heterocycles. The van der Waals surface area contributed by atoms with Crippen LogP contribution in [0.3, 0.4) is 0 Å². The summed E-state index contributed by atoms with van der Waals surface area (Å²) in [5, 5.41) is 6.06. The van der Waals surface area contributed by atoms with Gasteiger partial charge in [0.2, 0.25) is 0 Å². The standard InChI is InChI=1S/CH5N3.ClH.HI.Na/c2-1(3)4;;;/h(H5,2,3,4);2*1H;/q;;;+1/p-1. The van der Waals surface area contributed by atoms with Crippen molar-refractivity contribution in [3.63, 3.8) is 0 Å². The third-order valence-corrected chi connectivity index (χ3v) is 0. The minimum absolute atomic E-state index is 0. The van der Waals surface area contributed by atoms with Crippen LogP contribution < -0.4 is 65.0 Å². The van der Waals surface area contributed by atoms with Gasteiger partial charge < -0.3 is 35.4 Å². The Bertz CT molecular complexity index is 37.9. The largest absolute Gasteiger partial charge is 1.00 e. The van der Waals surface area contributed by atoms with E-state index in [-0.39, 0.29) is 71.9 Å². The van der Waals surface area contributed by atoms with Gasteiger partial charge in [0, 0.05) is 0 Å². The van der Waals surface area contributed by atoms with Crippen LogP contribution in [0, 0.1) is 5.41 Å². The SMILES string of the molecule is Cl.N=C(N)N.[I-].[Na+]. The normalized spacial score (nSPS) is 3.43. The van der Waals surface area contributed by atoms with Crippen LogP contribution in [0.1, 0.15) is 0 Å². The van der Waals surface area contributed by atoms with Crippen molar-refractivity contribution in [2.75, 3.05) is 0 Å². The molecule has 0 heterocycles. The summed E-state index contributed by atoms with van der Waals surface area (Å²) >= 11 is 0. The maximum absolute atomic E-state index is 6.06. The summed E-state index contributed by atoms with van der Waals surface area (Å²) < 4.78 is 0. The molecule has 0 saturated heterocycles. The molecule has 40 valence electrons. The fraction of sp³-hybridized carbons (Fsp3) is 0. The summed E-state index contributed by atoms with van der Waals surface area (Å²) in [6.45, 7) is 0. The van der Waals surface area contributed by atoms with Crippen LogP contribution in [0.5, 0.6) is 0 Å². The zero-order valence-corrected chi connectivity index (χ0v) is 8.91. The fourth-order valence-electron chi connectivity index (χ4n) is 0. The van der Waals surface area contributed by atoms with Gasteiger partial charge in [0.05, 0.1) is 0 Å². The molecule has 0 aromatic heterocycles. The second-order valence-electron chi connectivity index (χ2n) is 0.455. The van der Waals surface area contributed by atoms with Gasteiger partial charge >= 0.3 is 29.6 Å².